The number of aliphatic hydroxyl groups is 1. The molecule has 3 aromatic rings. The van der Waals surface area contributed by atoms with Crippen LogP contribution in [0.1, 0.15) is 79.6 Å². The molecule has 1 saturated carbocycles. The Kier molecular flexibility index (Phi) is 14.1. The fourth-order valence-corrected chi connectivity index (χ4v) is 7.71. The monoisotopic (exact) mass is 667 g/mol. The Labute approximate surface area is 273 Å². The molecule has 0 aromatic carbocycles. The van der Waals surface area contributed by atoms with Crippen LogP contribution in [0, 0.1) is 19.8 Å². The van der Waals surface area contributed by atoms with E-state index in [2.05, 4.69) is 20.3 Å². The third kappa shape index (κ3) is 10.8. The first-order valence-electron chi connectivity index (χ1n) is 15.6. The van der Waals surface area contributed by atoms with Crippen LogP contribution in [0.3, 0.4) is 0 Å². The van der Waals surface area contributed by atoms with E-state index in [-0.39, 0.29) is 12.0 Å². The van der Waals surface area contributed by atoms with E-state index in [0.717, 1.165) is 38.4 Å². The Morgan fingerprint density at radius 1 is 1.04 bits per heavy atom. The Hall–Kier alpha value is -2.49. The second-order valence-electron chi connectivity index (χ2n) is 11.7. The van der Waals surface area contributed by atoms with E-state index >= 15 is 0 Å². The lowest BCUT2D eigenvalue weighted by molar-refractivity contribution is -0.216. The van der Waals surface area contributed by atoms with Gasteiger partial charge in [-0.25, -0.2) is 23.1 Å². The van der Waals surface area contributed by atoms with Gasteiger partial charge in [-0.1, -0.05) is 27.7 Å². The second-order valence-corrected chi connectivity index (χ2v) is 14.4. The molecule has 3 atom stereocenters. The number of rotatable bonds is 12. The number of aromatic nitrogens is 4. The lowest BCUT2D eigenvalue weighted by Gasteiger charge is -2.37. The first kappa shape index (κ1) is 38.7. The number of nitrogens with zero attached hydrogens (tertiary/aromatic N) is 4. The van der Waals surface area contributed by atoms with Crippen molar-refractivity contribution in [2.45, 2.75) is 106 Å². The first-order chi connectivity index (χ1) is 21.1. The lowest BCUT2D eigenvalue weighted by atomic mass is 9.85. The Bertz CT molecular complexity index is 1490. The van der Waals surface area contributed by atoms with Crippen LogP contribution in [0.15, 0.2) is 12.3 Å². The van der Waals surface area contributed by atoms with Crippen molar-refractivity contribution in [3.05, 3.63) is 23.7 Å². The number of ether oxygens (including phenoxy) is 2. The minimum absolute atomic E-state index is 0.134. The fraction of sp³-hybridized carbons (Fsp3) is 0.677. The molecule has 0 spiro atoms. The zero-order valence-electron chi connectivity index (χ0n) is 28.9. The molecule has 0 bridgehead atoms. The highest BCUT2D eigenvalue weighted by atomic mass is 32.2. The number of sulfonamides is 1. The van der Waals surface area contributed by atoms with Crippen molar-refractivity contribution in [2.24, 2.45) is 5.92 Å². The maximum absolute atomic E-state index is 12.2. The zero-order valence-corrected chi connectivity index (χ0v) is 30.5. The summed E-state index contributed by atoms with van der Waals surface area (Å²) in [5, 5.41) is 18.1. The van der Waals surface area contributed by atoms with E-state index in [4.69, 9.17) is 24.4 Å². The molecule has 3 heterocycles. The van der Waals surface area contributed by atoms with Gasteiger partial charge in [0.25, 0.3) is 0 Å². The summed E-state index contributed by atoms with van der Waals surface area (Å²) in [4.78, 5) is 18.8. The van der Waals surface area contributed by atoms with Gasteiger partial charge < -0.3 is 25.2 Å². The van der Waals surface area contributed by atoms with E-state index in [9.17, 15) is 13.5 Å². The largest absolute Gasteiger partial charge is 0.383 e. The van der Waals surface area contributed by atoms with Gasteiger partial charge in [-0.2, -0.15) is 4.98 Å². The second kappa shape index (κ2) is 16.4. The smallest absolute Gasteiger partial charge is 0.224 e. The van der Waals surface area contributed by atoms with Gasteiger partial charge in [-0.15, -0.1) is 11.3 Å². The number of nitrogens with one attached hydrogen (secondary N) is 3. The van der Waals surface area contributed by atoms with Crippen molar-refractivity contribution in [1.29, 1.82) is 0 Å². The molecule has 14 heteroatoms. The molecule has 0 saturated heterocycles. The number of anilines is 2. The summed E-state index contributed by atoms with van der Waals surface area (Å²) in [6.45, 7) is 19.8. The number of methoxy groups -OCH3 is 1. The molecule has 1 aliphatic rings. The van der Waals surface area contributed by atoms with Crippen molar-refractivity contribution >= 4 is 43.3 Å². The minimum atomic E-state index is -3.48. The maximum atomic E-state index is 12.2. The molecule has 0 radical (unpaired) electrons. The standard InChI is InChI=1S/C27H41N7O5S2.2C2H6/c1-15-21(24-32-22-16(2)28-10-9-20(22)40-24)23(33-25(30-15)29-11-12-38-7)31-17-13-18(19(14-17)39-27(5,6)35)26(3,4)34-41(8,36)37;2*1-2/h9-10,17-19,34-35H,11-14H2,1-8H3,(H2,29,30,31,33);2*1-2H3/t17?,18?,19-;;/m0../s1. The van der Waals surface area contributed by atoms with Crippen molar-refractivity contribution in [1.82, 2.24) is 24.7 Å². The summed E-state index contributed by atoms with van der Waals surface area (Å²) in [5.41, 5.74) is 2.41. The van der Waals surface area contributed by atoms with Crippen LogP contribution in [0.2, 0.25) is 0 Å². The number of hydrogen-bond donors (Lipinski definition) is 4. The number of thiazole rings is 1. The van der Waals surface area contributed by atoms with Crippen molar-refractivity contribution < 1.29 is 23.0 Å². The number of pyridine rings is 1. The van der Waals surface area contributed by atoms with Crippen LogP contribution in [0.4, 0.5) is 11.8 Å². The third-order valence-corrected chi connectivity index (χ3v) is 8.98. The van der Waals surface area contributed by atoms with E-state index in [0.29, 0.717) is 37.8 Å². The van der Waals surface area contributed by atoms with E-state index in [1.807, 2.05) is 61.5 Å². The summed E-state index contributed by atoms with van der Waals surface area (Å²) >= 11 is 1.55. The number of fused-ring (bicyclic) bond motifs is 1. The highest BCUT2D eigenvalue weighted by Crippen LogP contribution is 2.42. The third-order valence-electron chi connectivity index (χ3n) is 7.04. The molecular formula is C31H53N7O5S2. The number of hydrogen-bond acceptors (Lipinski definition) is 12. The fourth-order valence-electron chi connectivity index (χ4n) is 5.49. The van der Waals surface area contributed by atoms with Gasteiger partial charge in [0.1, 0.15) is 16.3 Å². The Morgan fingerprint density at radius 3 is 2.29 bits per heavy atom. The predicted molar refractivity (Wildman–Crippen MR) is 184 cm³/mol. The molecule has 254 valence electrons. The van der Waals surface area contributed by atoms with E-state index < -0.39 is 27.5 Å². The van der Waals surface area contributed by atoms with Gasteiger partial charge in [-0.05, 0) is 60.5 Å². The van der Waals surface area contributed by atoms with Gasteiger partial charge in [0.15, 0.2) is 5.79 Å². The van der Waals surface area contributed by atoms with Crippen LogP contribution in [0.5, 0.6) is 0 Å². The van der Waals surface area contributed by atoms with E-state index in [1.165, 1.54) is 0 Å². The van der Waals surface area contributed by atoms with Crippen LogP contribution >= 0.6 is 11.3 Å². The van der Waals surface area contributed by atoms with Gasteiger partial charge in [0.05, 0.1) is 40.6 Å². The Balaban J connectivity index is 0.00000169. The first-order valence-corrected chi connectivity index (χ1v) is 18.3. The van der Waals surface area contributed by atoms with Crippen LogP contribution in [-0.4, -0.2) is 83.4 Å². The normalized spacial score (nSPS) is 18.6. The van der Waals surface area contributed by atoms with Crippen LogP contribution in [0.25, 0.3) is 20.8 Å². The zero-order chi connectivity index (χ0) is 34.2. The maximum Gasteiger partial charge on any atom is 0.224 e. The summed E-state index contributed by atoms with van der Waals surface area (Å²) in [6.07, 6.45) is 3.61. The molecule has 12 nitrogen and oxygen atoms in total. The van der Waals surface area contributed by atoms with Gasteiger partial charge in [0, 0.05) is 37.4 Å². The van der Waals surface area contributed by atoms with Crippen molar-refractivity contribution in [2.75, 3.05) is 37.2 Å². The SMILES string of the molecule is CC.CC.COCCNc1nc(C)c(-c2nc3c(C)nccc3s2)c(NC2CC(C(C)(C)NS(C)(=O)=O)[C@@H](OC(C)(C)O)C2)n1. The number of aryl methyl sites for hydroxylation is 2. The van der Waals surface area contributed by atoms with Gasteiger partial charge in [0.2, 0.25) is 16.0 Å². The highest BCUT2D eigenvalue weighted by molar-refractivity contribution is 7.88. The average molecular weight is 668 g/mol. The Morgan fingerprint density at radius 2 is 1.71 bits per heavy atom. The molecular weight excluding hydrogens is 615 g/mol. The topological polar surface area (TPSA) is 160 Å². The van der Waals surface area contributed by atoms with Crippen molar-refractivity contribution in [3.63, 3.8) is 0 Å². The molecule has 0 amide bonds. The quantitative estimate of drug-likeness (QED) is 0.142. The minimum Gasteiger partial charge on any atom is -0.383 e. The predicted octanol–water partition coefficient (Wildman–Crippen LogP) is 5.51. The lowest BCUT2D eigenvalue weighted by Crippen LogP contribution is -2.52. The van der Waals surface area contributed by atoms with E-state index in [1.54, 1.807) is 38.5 Å². The molecule has 1 aliphatic carbocycles. The van der Waals surface area contributed by atoms with Gasteiger partial charge in [-0.3, -0.25) is 4.98 Å². The average Bonchev–Trinajstić information content (AvgIpc) is 3.54. The summed E-state index contributed by atoms with van der Waals surface area (Å²) < 4.78 is 39.4. The molecule has 4 rings (SSSR count). The molecule has 1 fully saturated rings. The summed E-state index contributed by atoms with van der Waals surface area (Å²) in [5.74, 6) is -0.546. The van der Waals surface area contributed by atoms with Gasteiger partial charge >= 0.3 is 0 Å². The van der Waals surface area contributed by atoms with Crippen LogP contribution < -0.4 is 15.4 Å². The molecule has 0 aliphatic heterocycles. The molecule has 45 heavy (non-hydrogen) atoms. The summed E-state index contributed by atoms with van der Waals surface area (Å²) in [7, 11) is -1.85. The molecule has 2 unspecified atom stereocenters. The summed E-state index contributed by atoms with van der Waals surface area (Å²) in [6, 6.07) is 1.82. The van der Waals surface area contributed by atoms with Crippen molar-refractivity contribution in [3.8, 4) is 10.6 Å². The molecule has 3 aromatic heterocycles. The molecule has 4 N–H and O–H groups in total. The van der Waals surface area contributed by atoms with Crippen LogP contribution in [-0.2, 0) is 19.5 Å². The highest BCUT2D eigenvalue weighted by Gasteiger charge is 2.46.